The van der Waals surface area contributed by atoms with Gasteiger partial charge in [-0.15, -0.1) is 0 Å². The maximum Gasteiger partial charge on any atom is 0.223 e. The highest BCUT2D eigenvalue weighted by Gasteiger charge is 2.32. The number of hydrogen-bond donors (Lipinski definition) is 0. The van der Waals surface area contributed by atoms with Crippen LogP contribution < -0.4 is 4.74 Å². The van der Waals surface area contributed by atoms with Gasteiger partial charge in [0, 0.05) is 38.6 Å². The second-order valence-corrected chi connectivity index (χ2v) is 7.71. The first kappa shape index (κ1) is 19.2. The minimum Gasteiger partial charge on any atom is -0.497 e. The molecule has 0 saturated carbocycles. The van der Waals surface area contributed by atoms with Crippen LogP contribution in [0, 0.1) is 0 Å². The van der Waals surface area contributed by atoms with Crippen LogP contribution in [0.4, 0.5) is 0 Å². The van der Waals surface area contributed by atoms with Gasteiger partial charge in [0.15, 0.2) is 0 Å². The summed E-state index contributed by atoms with van der Waals surface area (Å²) in [5.41, 5.74) is 1.19. The van der Waals surface area contributed by atoms with Gasteiger partial charge in [-0.2, -0.15) is 0 Å². The lowest BCUT2D eigenvalue weighted by molar-refractivity contribution is -0.133. The molecule has 144 valence electrons. The fourth-order valence-corrected chi connectivity index (χ4v) is 4.27. The molecule has 5 heteroatoms. The molecule has 0 unspecified atom stereocenters. The lowest BCUT2D eigenvalue weighted by atomic mass is 10.1. The van der Waals surface area contributed by atoms with Crippen LogP contribution >= 0.6 is 0 Å². The smallest absolute Gasteiger partial charge is 0.223 e. The highest BCUT2D eigenvalue weighted by Crippen LogP contribution is 2.22. The van der Waals surface area contributed by atoms with Gasteiger partial charge in [0.05, 0.1) is 19.3 Å². The Hall–Kier alpha value is -1.59. The molecule has 3 atom stereocenters. The predicted molar refractivity (Wildman–Crippen MR) is 102 cm³/mol. The van der Waals surface area contributed by atoms with Gasteiger partial charge in [0.2, 0.25) is 5.91 Å². The topological polar surface area (TPSA) is 42.0 Å². The summed E-state index contributed by atoms with van der Waals surface area (Å²) >= 11 is 0. The molecular formula is C21H32N2O3. The average molecular weight is 360 g/mol. The maximum atomic E-state index is 12.8. The maximum absolute atomic E-state index is 12.8. The Labute approximate surface area is 157 Å². The van der Waals surface area contributed by atoms with E-state index in [1.807, 2.05) is 24.3 Å². The highest BCUT2D eigenvalue weighted by atomic mass is 16.5. The molecule has 0 spiro atoms. The van der Waals surface area contributed by atoms with Crippen molar-refractivity contribution in [3.05, 3.63) is 29.8 Å². The van der Waals surface area contributed by atoms with Gasteiger partial charge < -0.3 is 14.4 Å². The number of carbonyl (C=O) groups excluding carboxylic acids is 1. The van der Waals surface area contributed by atoms with Crippen molar-refractivity contribution in [3.8, 4) is 5.75 Å². The van der Waals surface area contributed by atoms with Crippen molar-refractivity contribution in [2.24, 2.45) is 0 Å². The highest BCUT2D eigenvalue weighted by molar-refractivity contribution is 5.77. The summed E-state index contributed by atoms with van der Waals surface area (Å²) in [5.74, 6) is 1.14. The van der Waals surface area contributed by atoms with E-state index in [4.69, 9.17) is 9.47 Å². The Balaban J connectivity index is 1.51. The Morgan fingerprint density at radius 2 is 1.88 bits per heavy atom. The van der Waals surface area contributed by atoms with Gasteiger partial charge in [0.25, 0.3) is 0 Å². The molecule has 5 nitrogen and oxygen atoms in total. The van der Waals surface area contributed by atoms with Crippen LogP contribution in [-0.4, -0.2) is 67.2 Å². The van der Waals surface area contributed by atoms with E-state index in [1.54, 1.807) is 7.11 Å². The van der Waals surface area contributed by atoms with Crippen LogP contribution in [-0.2, 0) is 16.0 Å². The monoisotopic (exact) mass is 360 g/mol. The van der Waals surface area contributed by atoms with Crippen molar-refractivity contribution >= 4 is 5.91 Å². The Morgan fingerprint density at radius 1 is 1.19 bits per heavy atom. The van der Waals surface area contributed by atoms with E-state index in [-0.39, 0.29) is 18.1 Å². The normalized spacial score (nSPS) is 26.9. The zero-order valence-corrected chi connectivity index (χ0v) is 16.3. The molecule has 1 amide bonds. The molecule has 2 fully saturated rings. The number of likely N-dealkylation sites (tertiary alicyclic amines) is 1. The van der Waals surface area contributed by atoms with Crippen LogP contribution in [0.3, 0.4) is 0 Å². The van der Waals surface area contributed by atoms with Crippen LogP contribution in [0.2, 0.25) is 0 Å². The summed E-state index contributed by atoms with van der Waals surface area (Å²) in [6.45, 7) is 8.08. The fourth-order valence-electron chi connectivity index (χ4n) is 4.27. The average Bonchev–Trinajstić information content (AvgIpc) is 3.07. The van der Waals surface area contributed by atoms with Crippen molar-refractivity contribution in [1.82, 2.24) is 9.80 Å². The van der Waals surface area contributed by atoms with Crippen LogP contribution in [0.5, 0.6) is 5.75 Å². The molecule has 0 aromatic heterocycles. The first-order valence-electron chi connectivity index (χ1n) is 9.85. The molecule has 0 aliphatic carbocycles. The number of rotatable bonds is 6. The standard InChI is InChI=1S/C21H32N2O3/c1-16-13-22(14-17(2)26-16)15-19-5-4-12-23(19)21(24)11-8-18-6-9-20(25-3)10-7-18/h6-7,9-10,16-17,19H,4-5,8,11-15H2,1-3H3/t16-,17-,19-/m1/s1. The summed E-state index contributed by atoms with van der Waals surface area (Å²) < 4.78 is 11.0. The zero-order chi connectivity index (χ0) is 18.5. The molecule has 1 aromatic carbocycles. The summed E-state index contributed by atoms with van der Waals surface area (Å²) in [6, 6.07) is 8.36. The number of amides is 1. The molecule has 26 heavy (non-hydrogen) atoms. The van der Waals surface area contributed by atoms with E-state index in [2.05, 4.69) is 23.6 Å². The van der Waals surface area contributed by atoms with E-state index in [0.717, 1.165) is 51.2 Å². The van der Waals surface area contributed by atoms with Crippen molar-refractivity contribution in [2.45, 2.75) is 57.8 Å². The third-order valence-corrected chi connectivity index (χ3v) is 5.45. The van der Waals surface area contributed by atoms with Crippen molar-refractivity contribution in [3.63, 3.8) is 0 Å². The minimum atomic E-state index is 0.277. The number of benzene rings is 1. The number of ether oxygens (including phenoxy) is 2. The van der Waals surface area contributed by atoms with Crippen molar-refractivity contribution in [2.75, 3.05) is 33.3 Å². The summed E-state index contributed by atoms with van der Waals surface area (Å²) in [6.07, 6.45) is 4.16. The van der Waals surface area contributed by atoms with E-state index in [0.29, 0.717) is 12.5 Å². The molecule has 1 aromatic rings. The number of nitrogens with zero attached hydrogens (tertiary/aromatic N) is 2. The number of hydrogen-bond acceptors (Lipinski definition) is 4. The summed E-state index contributed by atoms with van der Waals surface area (Å²) in [5, 5.41) is 0. The summed E-state index contributed by atoms with van der Waals surface area (Å²) in [4.78, 5) is 17.4. The fraction of sp³-hybridized carbons (Fsp3) is 0.667. The first-order chi connectivity index (χ1) is 12.5. The molecular weight excluding hydrogens is 328 g/mol. The van der Waals surface area contributed by atoms with Crippen molar-refractivity contribution < 1.29 is 14.3 Å². The lowest BCUT2D eigenvalue weighted by Crippen LogP contribution is -2.50. The molecule has 0 bridgehead atoms. The predicted octanol–water partition coefficient (Wildman–Crippen LogP) is 2.73. The Bertz CT molecular complexity index is 579. The number of carbonyl (C=O) groups is 1. The van der Waals surface area contributed by atoms with E-state index in [1.165, 1.54) is 5.56 Å². The van der Waals surface area contributed by atoms with Crippen molar-refractivity contribution in [1.29, 1.82) is 0 Å². The van der Waals surface area contributed by atoms with Gasteiger partial charge in [-0.1, -0.05) is 12.1 Å². The summed E-state index contributed by atoms with van der Waals surface area (Å²) in [7, 11) is 1.67. The van der Waals surface area contributed by atoms with E-state index in [9.17, 15) is 4.79 Å². The quantitative estimate of drug-likeness (QED) is 0.782. The van der Waals surface area contributed by atoms with Gasteiger partial charge in [-0.05, 0) is 50.8 Å². The van der Waals surface area contributed by atoms with E-state index >= 15 is 0 Å². The SMILES string of the molecule is COc1ccc(CCC(=O)N2CCC[C@@H]2CN2C[C@@H](C)O[C@H](C)C2)cc1. The van der Waals surface area contributed by atoms with Gasteiger partial charge in [-0.25, -0.2) is 0 Å². The third-order valence-electron chi connectivity index (χ3n) is 5.45. The van der Waals surface area contributed by atoms with Crippen LogP contribution in [0.15, 0.2) is 24.3 Å². The molecule has 2 heterocycles. The van der Waals surface area contributed by atoms with Gasteiger partial charge >= 0.3 is 0 Å². The second kappa shape index (κ2) is 8.87. The first-order valence-corrected chi connectivity index (χ1v) is 9.85. The molecule has 0 N–H and O–H groups in total. The molecule has 2 aliphatic rings. The number of methoxy groups -OCH3 is 1. The molecule has 0 radical (unpaired) electrons. The van der Waals surface area contributed by atoms with Gasteiger partial charge in [0.1, 0.15) is 5.75 Å². The van der Waals surface area contributed by atoms with Crippen LogP contribution in [0.25, 0.3) is 0 Å². The lowest BCUT2D eigenvalue weighted by Gasteiger charge is -2.38. The minimum absolute atomic E-state index is 0.277. The number of aryl methyl sites for hydroxylation is 1. The molecule has 3 rings (SSSR count). The Kier molecular flexibility index (Phi) is 6.54. The molecule has 2 saturated heterocycles. The Morgan fingerprint density at radius 3 is 2.54 bits per heavy atom. The second-order valence-electron chi connectivity index (χ2n) is 7.71. The largest absolute Gasteiger partial charge is 0.497 e. The van der Waals surface area contributed by atoms with Crippen LogP contribution in [0.1, 0.15) is 38.7 Å². The molecule has 2 aliphatic heterocycles. The van der Waals surface area contributed by atoms with Gasteiger partial charge in [-0.3, -0.25) is 9.69 Å². The van der Waals surface area contributed by atoms with E-state index < -0.39 is 0 Å². The number of morpholine rings is 1. The zero-order valence-electron chi connectivity index (χ0n) is 16.3. The third kappa shape index (κ3) is 4.98.